The van der Waals surface area contributed by atoms with Gasteiger partial charge in [0.25, 0.3) is 5.56 Å². The van der Waals surface area contributed by atoms with Gasteiger partial charge in [-0.1, -0.05) is 40.7 Å². The second kappa shape index (κ2) is 12.8. The number of fused-ring (bicyclic) bond motifs is 6. The molecule has 0 spiro atoms. The van der Waals surface area contributed by atoms with E-state index >= 15 is 0 Å². The number of rotatable bonds is 8. The fourth-order valence-corrected chi connectivity index (χ4v) is 12.5. The molecular formula is C38H57N5O6. The van der Waals surface area contributed by atoms with Crippen LogP contribution in [0.4, 0.5) is 5.95 Å². The van der Waals surface area contributed by atoms with Gasteiger partial charge in [-0.3, -0.25) is 14.6 Å². The van der Waals surface area contributed by atoms with Crippen molar-refractivity contribution >= 4 is 23.1 Å². The molecular weight excluding hydrogens is 622 g/mol. The summed E-state index contributed by atoms with van der Waals surface area (Å²) in [5, 5.41) is 33.5. The maximum absolute atomic E-state index is 13.1. The lowest BCUT2D eigenvalue weighted by molar-refractivity contribution is -0.203. The lowest BCUT2D eigenvalue weighted by Gasteiger charge is -2.64. The minimum atomic E-state index is -0.759. The number of nitrogen functional groups attached to an aromatic ring is 1. The molecule has 0 aromatic carbocycles. The number of carbonyl (C=O) groups excluding carboxylic acids is 1. The van der Waals surface area contributed by atoms with Crippen molar-refractivity contribution in [3.8, 4) is 0 Å². The molecule has 1 unspecified atom stereocenters. The van der Waals surface area contributed by atoms with Crippen LogP contribution in [0.2, 0.25) is 0 Å². The highest BCUT2D eigenvalue weighted by Gasteiger charge is 2.64. The summed E-state index contributed by atoms with van der Waals surface area (Å²) in [6.07, 6.45) is 9.94. The van der Waals surface area contributed by atoms with E-state index in [1.165, 1.54) is 6.33 Å². The number of aliphatic hydroxyl groups excluding tert-OH is 3. The van der Waals surface area contributed by atoms with Crippen molar-refractivity contribution in [2.45, 2.75) is 123 Å². The predicted molar refractivity (Wildman–Crippen MR) is 186 cm³/mol. The molecule has 6 N–H and O–H groups in total. The Hall–Kier alpha value is -2.76. The number of aromatic nitrogens is 4. The Bertz CT molecular complexity index is 1640. The van der Waals surface area contributed by atoms with E-state index in [1.54, 1.807) is 4.57 Å². The zero-order valence-corrected chi connectivity index (χ0v) is 29.7. The van der Waals surface area contributed by atoms with Crippen LogP contribution in [0.3, 0.4) is 0 Å². The van der Waals surface area contributed by atoms with Gasteiger partial charge in [0.1, 0.15) is 6.61 Å². The van der Waals surface area contributed by atoms with Crippen molar-refractivity contribution < 1.29 is 24.9 Å². The maximum atomic E-state index is 13.1. The van der Waals surface area contributed by atoms with E-state index < -0.39 is 17.6 Å². The van der Waals surface area contributed by atoms with Gasteiger partial charge >= 0.3 is 5.97 Å². The highest BCUT2D eigenvalue weighted by Crippen LogP contribution is 2.69. The molecule has 11 nitrogen and oxygen atoms in total. The van der Waals surface area contributed by atoms with Crippen LogP contribution in [0.1, 0.15) is 104 Å². The van der Waals surface area contributed by atoms with Crippen molar-refractivity contribution in [2.75, 3.05) is 12.3 Å². The number of nitrogens with two attached hydrogens (primary N) is 1. The number of nitrogens with one attached hydrogen (secondary N) is 1. The molecule has 5 aliphatic rings. The van der Waals surface area contributed by atoms with Crippen LogP contribution in [0.5, 0.6) is 0 Å². The highest BCUT2D eigenvalue weighted by molar-refractivity contribution is 5.71. The predicted octanol–water partition coefficient (Wildman–Crippen LogP) is 4.77. The summed E-state index contributed by atoms with van der Waals surface area (Å²) in [5.41, 5.74) is 6.88. The molecule has 0 amide bonds. The van der Waals surface area contributed by atoms with Gasteiger partial charge in [0, 0.05) is 12.3 Å². The van der Waals surface area contributed by atoms with Crippen LogP contribution >= 0.6 is 0 Å². The van der Waals surface area contributed by atoms with Gasteiger partial charge in [-0.05, 0) is 116 Å². The largest absolute Gasteiger partial charge is 0.465 e. The van der Waals surface area contributed by atoms with Crippen molar-refractivity contribution in [3.63, 3.8) is 0 Å². The van der Waals surface area contributed by atoms with E-state index in [1.807, 2.05) is 0 Å². The number of hydrogen-bond donors (Lipinski definition) is 5. The molecule has 0 bridgehead atoms. The first-order valence-electron chi connectivity index (χ1n) is 18.9. The number of imidazole rings is 1. The SMILES string of the molecule is C=C1[C@H](COC(=O)CC[C@@H](C)[C@H]2CC[C@H]3[C@@H]4[C@H](O)C(CC)[C@@H]5C[C@H](O)CC[C@]5(C)[C@H]4CC[C@]23C)[C@@H](O)C[C@@H]1n1cnc2c(=O)[nH]c(N)nc21. The number of H-pyrrole nitrogens is 1. The summed E-state index contributed by atoms with van der Waals surface area (Å²) >= 11 is 0. The summed E-state index contributed by atoms with van der Waals surface area (Å²) in [6.45, 7) is 13.7. The molecule has 2 aromatic heterocycles. The number of esters is 1. The molecule has 0 radical (unpaired) electrons. The summed E-state index contributed by atoms with van der Waals surface area (Å²) < 4.78 is 7.47. The van der Waals surface area contributed by atoms with Gasteiger partial charge in [-0.2, -0.15) is 4.98 Å². The van der Waals surface area contributed by atoms with Gasteiger partial charge in [-0.25, -0.2) is 4.98 Å². The van der Waals surface area contributed by atoms with E-state index in [0.29, 0.717) is 59.6 Å². The minimum Gasteiger partial charge on any atom is -0.465 e. The molecule has 2 heterocycles. The monoisotopic (exact) mass is 679 g/mol. The smallest absolute Gasteiger partial charge is 0.305 e. The standard InChI is InChI=1S/C38H57N5O6/c1-6-22-27-15-21(44)11-13-38(27,5)26-12-14-37(4)24(8-9-25(37)31(26)33(22)47)19(2)7-10-30(46)49-17-23-20(3)28(16-29(23)45)43-18-40-32-34(43)41-36(39)42-35(32)48/h18-19,21-29,31,33,44-45,47H,3,6-17H2,1-2,4-5H3,(H3,39,41,42,48)/t19-,21-,22?,23+,24-,25+,26+,27+,28+,29+,31+,33-,37-,38-/m1/s1. The van der Waals surface area contributed by atoms with Crippen LogP contribution in [0, 0.1) is 58.2 Å². The summed E-state index contributed by atoms with van der Waals surface area (Å²) in [6, 6.07) is -0.350. The Labute approximate surface area is 289 Å². The molecule has 7 rings (SSSR count). The molecule has 270 valence electrons. The first-order valence-corrected chi connectivity index (χ1v) is 18.9. The summed E-state index contributed by atoms with van der Waals surface area (Å²) in [7, 11) is 0. The Morgan fingerprint density at radius 3 is 2.61 bits per heavy atom. The maximum Gasteiger partial charge on any atom is 0.305 e. The van der Waals surface area contributed by atoms with Crippen molar-refractivity contribution in [1.82, 2.24) is 19.5 Å². The minimum absolute atomic E-state index is 0.0110. The first-order chi connectivity index (χ1) is 23.3. The second-order valence-electron chi connectivity index (χ2n) is 17.1. The number of hydrogen-bond acceptors (Lipinski definition) is 9. The van der Waals surface area contributed by atoms with Gasteiger partial charge in [0.05, 0.1) is 30.7 Å². The fraction of sp³-hybridized carbons (Fsp3) is 0.789. The average Bonchev–Trinajstić information content (AvgIpc) is 3.72. The molecule has 2 aromatic rings. The Morgan fingerprint density at radius 1 is 1.12 bits per heavy atom. The van der Waals surface area contributed by atoms with Gasteiger partial charge in [0.15, 0.2) is 11.2 Å². The van der Waals surface area contributed by atoms with Gasteiger partial charge in [0.2, 0.25) is 5.95 Å². The zero-order valence-electron chi connectivity index (χ0n) is 29.7. The van der Waals surface area contributed by atoms with Gasteiger partial charge < -0.3 is 30.4 Å². The number of anilines is 1. The van der Waals surface area contributed by atoms with E-state index in [4.69, 9.17) is 10.5 Å². The van der Waals surface area contributed by atoms with E-state index in [9.17, 15) is 24.9 Å². The normalized spacial score (nSPS) is 42.4. The third-order valence-electron chi connectivity index (χ3n) is 15.0. The number of nitrogens with zero attached hydrogens (tertiary/aromatic N) is 3. The van der Waals surface area contributed by atoms with Crippen LogP contribution in [-0.2, 0) is 9.53 Å². The topological polar surface area (TPSA) is 177 Å². The molecule has 0 aliphatic heterocycles. The Morgan fingerprint density at radius 2 is 1.86 bits per heavy atom. The quantitative estimate of drug-likeness (QED) is 0.194. The number of carbonyl (C=O) groups is 1. The van der Waals surface area contributed by atoms with Crippen molar-refractivity contribution in [2.24, 2.45) is 58.2 Å². The van der Waals surface area contributed by atoms with Crippen LogP contribution < -0.4 is 11.3 Å². The first kappa shape index (κ1) is 34.7. The number of aliphatic hydroxyl groups is 3. The Kier molecular flexibility index (Phi) is 9.04. The Balaban J connectivity index is 0.960. The number of ether oxygens (including phenoxy) is 1. The van der Waals surface area contributed by atoms with Crippen molar-refractivity contribution in [3.05, 3.63) is 28.8 Å². The van der Waals surface area contributed by atoms with Crippen LogP contribution in [0.25, 0.3) is 11.2 Å². The van der Waals surface area contributed by atoms with Crippen LogP contribution in [0.15, 0.2) is 23.3 Å². The second-order valence-corrected chi connectivity index (χ2v) is 17.1. The molecule has 11 heteroatoms. The highest BCUT2D eigenvalue weighted by atomic mass is 16.5. The average molecular weight is 680 g/mol. The molecule has 49 heavy (non-hydrogen) atoms. The third kappa shape index (κ3) is 5.57. The molecule has 5 saturated carbocycles. The molecule has 5 aliphatic carbocycles. The summed E-state index contributed by atoms with van der Waals surface area (Å²) in [5.74, 6) is 2.08. The van der Waals surface area contributed by atoms with Crippen LogP contribution in [-0.4, -0.2) is 65.7 Å². The van der Waals surface area contributed by atoms with Gasteiger partial charge in [-0.15, -0.1) is 0 Å². The third-order valence-corrected chi connectivity index (χ3v) is 15.0. The zero-order chi connectivity index (χ0) is 35.0. The number of aromatic amines is 1. The van der Waals surface area contributed by atoms with Crippen molar-refractivity contribution in [1.29, 1.82) is 0 Å². The summed E-state index contributed by atoms with van der Waals surface area (Å²) in [4.78, 5) is 36.2. The molecule has 5 fully saturated rings. The molecule has 14 atom stereocenters. The van der Waals surface area contributed by atoms with E-state index in [2.05, 4.69) is 49.2 Å². The van der Waals surface area contributed by atoms with E-state index in [0.717, 1.165) is 57.8 Å². The lowest BCUT2D eigenvalue weighted by atomic mass is 9.41. The fourth-order valence-electron chi connectivity index (χ4n) is 12.5. The van der Waals surface area contributed by atoms with E-state index in [-0.39, 0.29) is 59.0 Å². The lowest BCUT2D eigenvalue weighted by Crippen LogP contribution is -2.62. The molecule has 0 saturated heterocycles.